The Labute approximate surface area is 176 Å². The summed E-state index contributed by atoms with van der Waals surface area (Å²) in [6.07, 6.45) is -0.689. The van der Waals surface area contributed by atoms with Gasteiger partial charge in [-0.15, -0.1) is 0 Å². The number of rotatable bonds is 4. The van der Waals surface area contributed by atoms with Crippen LogP contribution in [0.3, 0.4) is 0 Å². The maximum Gasteiger partial charge on any atom is 0.410 e. The molecule has 0 unspecified atom stereocenters. The number of amides is 1. The minimum atomic E-state index is -1.07. The third-order valence-corrected chi connectivity index (χ3v) is 5.67. The third kappa shape index (κ3) is 3.79. The van der Waals surface area contributed by atoms with Crippen molar-refractivity contribution in [3.05, 3.63) is 59.7 Å². The summed E-state index contributed by atoms with van der Waals surface area (Å²) in [6.45, 7) is 6.10. The van der Waals surface area contributed by atoms with E-state index >= 15 is 0 Å². The molecule has 0 aromatic heterocycles. The standard InChI is InChI=1S/C24H27NO5/c1-24(2,3)30-20-12-13-25(21(20)22(26)27)23(28)29-14-19-17-10-6-4-8-15(17)16-9-5-7-11-18(16)19/h4-11,19-21H,12-14H2,1-3H3,(H,26,27)/t20-,21-/m0/s1. The number of carbonyl (C=O) groups excluding carboxylic acids is 1. The van der Waals surface area contributed by atoms with Crippen molar-refractivity contribution in [3.8, 4) is 11.1 Å². The molecule has 1 fully saturated rings. The van der Waals surface area contributed by atoms with Crippen molar-refractivity contribution in [1.82, 2.24) is 4.90 Å². The van der Waals surface area contributed by atoms with E-state index < -0.39 is 29.8 Å². The molecule has 6 heteroatoms. The Morgan fingerprint density at radius 2 is 1.60 bits per heavy atom. The van der Waals surface area contributed by atoms with Crippen LogP contribution in [0.25, 0.3) is 11.1 Å². The Morgan fingerprint density at radius 3 is 2.13 bits per heavy atom. The molecule has 2 aromatic carbocycles. The highest BCUT2D eigenvalue weighted by atomic mass is 16.6. The number of aliphatic carboxylic acids is 1. The molecule has 2 aliphatic rings. The molecule has 0 spiro atoms. The molecule has 2 atom stereocenters. The van der Waals surface area contributed by atoms with E-state index in [0.717, 1.165) is 22.3 Å². The third-order valence-electron chi connectivity index (χ3n) is 5.67. The van der Waals surface area contributed by atoms with Gasteiger partial charge < -0.3 is 14.6 Å². The van der Waals surface area contributed by atoms with Gasteiger partial charge >= 0.3 is 12.1 Å². The van der Waals surface area contributed by atoms with Crippen molar-refractivity contribution in [1.29, 1.82) is 0 Å². The number of carboxylic acids is 1. The summed E-state index contributed by atoms with van der Waals surface area (Å²) in [4.78, 5) is 26.0. The van der Waals surface area contributed by atoms with Crippen LogP contribution >= 0.6 is 0 Å². The number of hydrogen-bond acceptors (Lipinski definition) is 4. The van der Waals surface area contributed by atoms with E-state index in [9.17, 15) is 14.7 Å². The van der Waals surface area contributed by atoms with E-state index in [1.54, 1.807) is 0 Å². The van der Waals surface area contributed by atoms with Crippen LogP contribution in [-0.2, 0) is 14.3 Å². The zero-order valence-corrected chi connectivity index (χ0v) is 17.5. The highest BCUT2D eigenvalue weighted by Gasteiger charge is 2.45. The van der Waals surface area contributed by atoms with Crippen LogP contribution in [0.1, 0.15) is 44.2 Å². The van der Waals surface area contributed by atoms with Gasteiger partial charge in [-0.05, 0) is 49.4 Å². The molecule has 1 aliphatic heterocycles. The van der Waals surface area contributed by atoms with Crippen LogP contribution in [0.4, 0.5) is 4.79 Å². The first-order chi connectivity index (χ1) is 14.3. The lowest BCUT2D eigenvalue weighted by molar-refractivity contribution is -0.149. The van der Waals surface area contributed by atoms with Gasteiger partial charge in [-0.3, -0.25) is 4.90 Å². The fraction of sp³-hybridized carbons (Fsp3) is 0.417. The number of fused-ring (bicyclic) bond motifs is 3. The molecule has 1 aliphatic carbocycles. The predicted molar refractivity (Wildman–Crippen MR) is 112 cm³/mol. The van der Waals surface area contributed by atoms with Gasteiger partial charge in [0.2, 0.25) is 0 Å². The highest BCUT2D eigenvalue weighted by molar-refractivity contribution is 5.82. The number of carboxylic acid groups (broad SMARTS) is 1. The van der Waals surface area contributed by atoms with Gasteiger partial charge in [0.25, 0.3) is 0 Å². The van der Waals surface area contributed by atoms with Crippen LogP contribution in [0, 0.1) is 0 Å². The first-order valence-electron chi connectivity index (χ1n) is 10.3. The number of nitrogens with zero attached hydrogens (tertiary/aromatic N) is 1. The summed E-state index contributed by atoms with van der Waals surface area (Å²) in [7, 11) is 0. The summed E-state index contributed by atoms with van der Waals surface area (Å²) in [6, 6.07) is 15.2. The molecule has 1 N–H and O–H groups in total. The normalized spacial score (nSPS) is 20.7. The van der Waals surface area contributed by atoms with Crippen LogP contribution in [-0.4, -0.2) is 53.0 Å². The lowest BCUT2D eigenvalue weighted by Gasteiger charge is -2.29. The predicted octanol–water partition coefficient (Wildman–Crippen LogP) is 4.28. The molecule has 6 nitrogen and oxygen atoms in total. The lowest BCUT2D eigenvalue weighted by Crippen LogP contribution is -2.47. The van der Waals surface area contributed by atoms with Crippen LogP contribution in [0.5, 0.6) is 0 Å². The van der Waals surface area contributed by atoms with E-state index in [1.807, 2.05) is 45.0 Å². The van der Waals surface area contributed by atoms with Gasteiger partial charge in [0.1, 0.15) is 6.61 Å². The molecule has 2 aromatic rings. The number of benzene rings is 2. The molecule has 1 saturated heterocycles. The van der Waals surface area contributed by atoms with E-state index in [4.69, 9.17) is 9.47 Å². The SMILES string of the molecule is CC(C)(C)O[C@H]1CCN(C(=O)OCC2c3ccccc3-c3ccccc32)[C@@H]1C(=O)O. The summed E-state index contributed by atoms with van der Waals surface area (Å²) in [5.41, 5.74) is 4.05. The molecule has 4 rings (SSSR count). The fourth-order valence-corrected chi connectivity index (χ4v) is 4.52. The van der Waals surface area contributed by atoms with Gasteiger partial charge in [0, 0.05) is 12.5 Å². The molecule has 0 bridgehead atoms. The summed E-state index contributed by atoms with van der Waals surface area (Å²) in [5.74, 6) is -1.14. The van der Waals surface area contributed by atoms with E-state index in [0.29, 0.717) is 13.0 Å². The van der Waals surface area contributed by atoms with Crippen LogP contribution in [0.15, 0.2) is 48.5 Å². The molecular weight excluding hydrogens is 382 g/mol. The maximum absolute atomic E-state index is 12.8. The van der Waals surface area contributed by atoms with Gasteiger partial charge in [0.05, 0.1) is 11.7 Å². The van der Waals surface area contributed by atoms with Gasteiger partial charge in [-0.1, -0.05) is 48.5 Å². The van der Waals surface area contributed by atoms with Gasteiger partial charge in [-0.25, -0.2) is 9.59 Å². The lowest BCUT2D eigenvalue weighted by atomic mass is 9.98. The zero-order chi connectivity index (χ0) is 21.5. The molecule has 158 valence electrons. The molecular formula is C24H27NO5. The largest absolute Gasteiger partial charge is 0.480 e. The summed E-state index contributed by atoms with van der Waals surface area (Å²) in [5, 5.41) is 9.71. The second kappa shape index (κ2) is 7.76. The van der Waals surface area contributed by atoms with Crippen molar-refractivity contribution in [3.63, 3.8) is 0 Å². The fourth-order valence-electron chi connectivity index (χ4n) is 4.52. The van der Waals surface area contributed by atoms with Crippen molar-refractivity contribution in [2.75, 3.05) is 13.2 Å². The van der Waals surface area contributed by atoms with Crippen LogP contribution in [0.2, 0.25) is 0 Å². The number of hydrogen-bond donors (Lipinski definition) is 1. The highest BCUT2D eigenvalue weighted by Crippen LogP contribution is 2.44. The summed E-state index contributed by atoms with van der Waals surface area (Å²) < 4.78 is 11.5. The Bertz CT molecular complexity index is 919. The number of likely N-dealkylation sites (tertiary alicyclic amines) is 1. The van der Waals surface area contributed by atoms with E-state index in [1.165, 1.54) is 4.90 Å². The Hall–Kier alpha value is -2.86. The number of ether oxygens (including phenoxy) is 2. The second-order valence-electron chi connectivity index (χ2n) is 8.84. The maximum atomic E-state index is 12.8. The van der Waals surface area contributed by atoms with Gasteiger partial charge in [0.15, 0.2) is 6.04 Å². The Morgan fingerprint density at radius 1 is 1.03 bits per heavy atom. The molecule has 30 heavy (non-hydrogen) atoms. The van der Waals surface area contributed by atoms with Crippen molar-refractivity contribution >= 4 is 12.1 Å². The Kier molecular flexibility index (Phi) is 5.28. The van der Waals surface area contributed by atoms with Gasteiger partial charge in [-0.2, -0.15) is 0 Å². The van der Waals surface area contributed by atoms with E-state index in [2.05, 4.69) is 24.3 Å². The zero-order valence-electron chi connectivity index (χ0n) is 17.5. The topological polar surface area (TPSA) is 76.1 Å². The molecule has 1 amide bonds. The molecule has 0 saturated carbocycles. The summed E-state index contributed by atoms with van der Waals surface area (Å²) >= 11 is 0. The molecule has 1 heterocycles. The molecule has 0 radical (unpaired) electrons. The van der Waals surface area contributed by atoms with Crippen molar-refractivity contribution < 1.29 is 24.2 Å². The number of carbonyl (C=O) groups is 2. The minimum absolute atomic E-state index is 0.0612. The monoisotopic (exact) mass is 409 g/mol. The first kappa shape index (κ1) is 20.4. The quantitative estimate of drug-likeness (QED) is 0.816. The average molecular weight is 409 g/mol. The average Bonchev–Trinajstić information content (AvgIpc) is 3.24. The smallest absolute Gasteiger partial charge is 0.410 e. The minimum Gasteiger partial charge on any atom is -0.480 e. The first-order valence-corrected chi connectivity index (χ1v) is 10.3. The van der Waals surface area contributed by atoms with E-state index in [-0.39, 0.29) is 12.5 Å². The second-order valence-corrected chi connectivity index (χ2v) is 8.84. The van der Waals surface area contributed by atoms with Crippen LogP contribution < -0.4 is 0 Å². The van der Waals surface area contributed by atoms with Crippen molar-refractivity contribution in [2.24, 2.45) is 0 Å². The Balaban J connectivity index is 1.49. The van der Waals surface area contributed by atoms with Crippen molar-refractivity contribution in [2.45, 2.75) is 50.9 Å².